The molecule has 3 rings (SSSR count). The van der Waals surface area contributed by atoms with Gasteiger partial charge in [-0.25, -0.2) is 14.2 Å². The molecule has 0 radical (unpaired) electrons. The molecule has 2 fully saturated rings. The van der Waals surface area contributed by atoms with Gasteiger partial charge in [0.2, 0.25) is 5.91 Å². The highest BCUT2D eigenvalue weighted by molar-refractivity contribution is 5.90. The molecule has 0 spiro atoms. The zero-order valence-corrected chi connectivity index (χ0v) is 13.8. The van der Waals surface area contributed by atoms with Gasteiger partial charge in [-0.15, -0.1) is 0 Å². The van der Waals surface area contributed by atoms with Gasteiger partial charge < -0.3 is 14.7 Å². The molecule has 2 aliphatic rings. The van der Waals surface area contributed by atoms with Gasteiger partial charge in [0.1, 0.15) is 11.9 Å². The average molecular weight is 353 g/mol. The maximum atomic E-state index is 14.4. The number of hydrogen-bond acceptors (Lipinski definition) is 6. The Morgan fingerprint density at radius 3 is 2.80 bits per heavy atom. The zero-order valence-electron chi connectivity index (χ0n) is 13.8. The Morgan fingerprint density at radius 2 is 2.20 bits per heavy atom. The van der Waals surface area contributed by atoms with Crippen LogP contribution in [-0.4, -0.2) is 65.8 Å². The molecular weight excluding hydrogens is 333 g/mol. The van der Waals surface area contributed by atoms with Crippen molar-refractivity contribution in [1.29, 1.82) is 0 Å². The van der Waals surface area contributed by atoms with Gasteiger partial charge in [0, 0.05) is 20.0 Å². The fourth-order valence-electron chi connectivity index (χ4n) is 3.03. The summed E-state index contributed by atoms with van der Waals surface area (Å²) in [5, 5.41) is 19.5. The molecule has 2 amide bonds. The third-order valence-electron chi connectivity index (χ3n) is 4.36. The van der Waals surface area contributed by atoms with Crippen molar-refractivity contribution in [2.75, 3.05) is 36.0 Å². The quantitative estimate of drug-likeness (QED) is 0.619. The van der Waals surface area contributed by atoms with Gasteiger partial charge in [-0.2, -0.15) is 0 Å². The summed E-state index contributed by atoms with van der Waals surface area (Å²) >= 11 is 0. The number of β-amino-alcohol motifs (C(OH)–C–C–N with tert-alkyl or cyclic N) is 1. The van der Waals surface area contributed by atoms with Crippen LogP contribution in [0.3, 0.4) is 0 Å². The molecule has 0 aromatic heterocycles. The number of anilines is 2. The predicted molar refractivity (Wildman–Crippen MR) is 86.0 cm³/mol. The van der Waals surface area contributed by atoms with E-state index in [2.05, 4.69) is 0 Å². The topological polar surface area (TPSA) is 93.6 Å². The highest BCUT2D eigenvalue weighted by atomic mass is 19.1. The molecule has 2 N–H and O–H groups in total. The van der Waals surface area contributed by atoms with Crippen LogP contribution in [0.1, 0.15) is 13.3 Å². The van der Waals surface area contributed by atoms with E-state index >= 15 is 0 Å². The summed E-state index contributed by atoms with van der Waals surface area (Å²) < 4.78 is 19.5. The largest absolute Gasteiger partial charge is 0.442 e. The van der Waals surface area contributed by atoms with Crippen molar-refractivity contribution in [2.24, 2.45) is 0 Å². The Kier molecular flexibility index (Phi) is 4.78. The van der Waals surface area contributed by atoms with E-state index in [4.69, 9.17) is 4.74 Å². The van der Waals surface area contributed by atoms with E-state index in [-0.39, 0.29) is 13.1 Å². The van der Waals surface area contributed by atoms with Crippen LogP contribution in [0, 0.1) is 5.82 Å². The summed E-state index contributed by atoms with van der Waals surface area (Å²) in [5.74, 6) is -1.05. The first-order valence-electron chi connectivity index (χ1n) is 8.03. The van der Waals surface area contributed by atoms with Crippen molar-refractivity contribution in [3.8, 4) is 0 Å². The minimum Gasteiger partial charge on any atom is -0.442 e. The molecule has 136 valence electrons. The second kappa shape index (κ2) is 6.85. The van der Waals surface area contributed by atoms with Crippen LogP contribution in [-0.2, 0) is 9.53 Å². The fraction of sp³-hybridized carbons (Fsp3) is 0.500. The van der Waals surface area contributed by atoms with Crippen molar-refractivity contribution in [3.05, 3.63) is 24.0 Å². The maximum absolute atomic E-state index is 14.4. The minimum absolute atomic E-state index is 0.102. The third kappa shape index (κ3) is 3.67. The summed E-state index contributed by atoms with van der Waals surface area (Å²) in [5.41, 5.74) is 0.711. The van der Waals surface area contributed by atoms with Crippen molar-refractivity contribution in [2.45, 2.75) is 25.6 Å². The molecule has 0 bridgehead atoms. The molecule has 1 aromatic rings. The summed E-state index contributed by atoms with van der Waals surface area (Å²) in [6.45, 7) is 2.09. The highest BCUT2D eigenvalue weighted by Gasteiger charge is 2.34. The van der Waals surface area contributed by atoms with Gasteiger partial charge in [-0.1, -0.05) is 0 Å². The highest BCUT2D eigenvalue weighted by Crippen LogP contribution is 2.29. The molecular formula is C16H20FN3O5. The maximum Gasteiger partial charge on any atom is 0.414 e. The molecule has 8 nitrogen and oxygen atoms in total. The number of carbonyl (C=O) groups is 2. The number of benzene rings is 1. The van der Waals surface area contributed by atoms with E-state index < -0.39 is 30.0 Å². The first-order chi connectivity index (χ1) is 11.8. The molecule has 2 unspecified atom stereocenters. The van der Waals surface area contributed by atoms with Crippen LogP contribution >= 0.6 is 0 Å². The van der Waals surface area contributed by atoms with Crippen LogP contribution in [0.4, 0.5) is 20.6 Å². The van der Waals surface area contributed by atoms with E-state index in [1.54, 1.807) is 17.0 Å². The van der Waals surface area contributed by atoms with Crippen LogP contribution < -0.4 is 9.80 Å². The predicted octanol–water partition coefficient (Wildman–Crippen LogP) is 0.960. The number of amides is 2. The van der Waals surface area contributed by atoms with Gasteiger partial charge in [0.25, 0.3) is 0 Å². The molecule has 0 aliphatic carbocycles. The lowest BCUT2D eigenvalue weighted by Crippen LogP contribution is -2.35. The normalized spacial score (nSPS) is 23.1. The molecule has 2 atom stereocenters. The zero-order chi connectivity index (χ0) is 18.1. The van der Waals surface area contributed by atoms with E-state index in [1.165, 1.54) is 17.9 Å². The molecule has 2 heterocycles. The molecule has 9 heteroatoms. The molecule has 0 saturated carbocycles. The van der Waals surface area contributed by atoms with Gasteiger partial charge >= 0.3 is 6.09 Å². The standard InChI is InChI=1S/C16H20FN3O5/c1-10(21)20(24)9-13-8-19(16(23)25-13)11-2-3-15(14(17)6-11)18-5-4-12(22)7-18/h2-3,6,12-13,22,24H,4-5,7-9H2,1H3. The summed E-state index contributed by atoms with van der Waals surface area (Å²) in [6.07, 6.45) is -1.23. The number of cyclic esters (lactones) is 1. The number of carbonyl (C=O) groups excluding carboxylic acids is 2. The van der Waals surface area contributed by atoms with Gasteiger partial charge in [0.05, 0.1) is 30.6 Å². The van der Waals surface area contributed by atoms with E-state index in [0.29, 0.717) is 35.9 Å². The van der Waals surface area contributed by atoms with Crippen LogP contribution in [0.2, 0.25) is 0 Å². The van der Waals surface area contributed by atoms with Crippen LogP contribution in [0.25, 0.3) is 0 Å². The Hall–Kier alpha value is -2.39. The molecule has 2 saturated heterocycles. The van der Waals surface area contributed by atoms with Crippen LogP contribution in [0.15, 0.2) is 18.2 Å². The third-order valence-corrected chi connectivity index (χ3v) is 4.36. The number of hydroxylamine groups is 2. The van der Waals surface area contributed by atoms with Gasteiger partial charge in [-0.3, -0.25) is 14.9 Å². The Labute approximate surface area is 143 Å². The monoisotopic (exact) mass is 353 g/mol. The Bertz CT molecular complexity index is 686. The fourth-order valence-corrected chi connectivity index (χ4v) is 3.03. The smallest absolute Gasteiger partial charge is 0.414 e. The van der Waals surface area contributed by atoms with Gasteiger partial charge in [0.15, 0.2) is 0 Å². The summed E-state index contributed by atoms with van der Waals surface area (Å²) in [6, 6.07) is 4.41. The van der Waals surface area contributed by atoms with Crippen molar-refractivity contribution in [1.82, 2.24) is 5.06 Å². The van der Waals surface area contributed by atoms with E-state index in [0.717, 1.165) is 0 Å². The number of halogens is 1. The lowest BCUT2D eigenvalue weighted by molar-refractivity contribution is -0.166. The van der Waals surface area contributed by atoms with Crippen molar-refractivity contribution < 1.29 is 29.0 Å². The minimum atomic E-state index is -0.696. The first-order valence-corrected chi connectivity index (χ1v) is 8.03. The first kappa shape index (κ1) is 17.4. The summed E-state index contributed by atoms with van der Waals surface area (Å²) in [4.78, 5) is 26.0. The van der Waals surface area contributed by atoms with E-state index in [1.807, 2.05) is 0 Å². The Morgan fingerprint density at radius 1 is 1.44 bits per heavy atom. The molecule has 1 aromatic carbocycles. The molecule has 25 heavy (non-hydrogen) atoms. The second-order valence-electron chi connectivity index (χ2n) is 6.24. The number of nitrogens with zero attached hydrogens (tertiary/aromatic N) is 3. The Balaban J connectivity index is 1.70. The van der Waals surface area contributed by atoms with E-state index in [9.17, 15) is 24.3 Å². The average Bonchev–Trinajstić information content (AvgIpc) is 3.13. The number of rotatable bonds is 4. The van der Waals surface area contributed by atoms with Crippen LogP contribution in [0.5, 0.6) is 0 Å². The number of aliphatic hydroxyl groups is 1. The van der Waals surface area contributed by atoms with Crippen molar-refractivity contribution in [3.63, 3.8) is 0 Å². The number of hydrogen-bond donors (Lipinski definition) is 2. The lowest BCUT2D eigenvalue weighted by Gasteiger charge is -2.20. The number of aliphatic hydroxyl groups excluding tert-OH is 1. The SMILES string of the molecule is CC(=O)N(O)CC1CN(c2ccc(N3CCC(O)C3)c(F)c2)C(=O)O1. The van der Waals surface area contributed by atoms with Gasteiger partial charge in [-0.05, 0) is 24.6 Å². The lowest BCUT2D eigenvalue weighted by atomic mass is 10.2. The number of ether oxygens (including phenoxy) is 1. The summed E-state index contributed by atoms with van der Waals surface area (Å²) in [7, 11) is 0. The molecule has 2 aliphatic heterocycles. The second-order valence-corrected chi connectivity index (χ2v) is 6.24. The van der Waals surface area contributed by atoms with Crippen molar-refractivity contribution >= 4 is 23.4 Å².